The van der Waals surface area contributed by atoms with Gasteiger partial charge in [-0.05, 0) is 35.3 Å². The first-order valence-corrected chi connectivity index (χ1v) is 8.28. The lowest BCUT2D eigenvalue weighted by Crippen LogP contribution is -2.28. The first-order valence-electron chi connectivity index (χ1n) is 8.28. The molecule has 126 valence electrons. The number of nitrogens with one attached hydrogen (secondary N) is 1. The topological polar surface area (TPSA) is 75.1 Å². The second-order valence-corrected chi connectivity index (χ2v) is 6.24. The van der Waals surface area contributed by atoms with Crippen molar-refractivity contribution in [2.75, 3.05) is 13.1 Å². The van der Waals surface area contributed by atoms with Crippen LogP contribution in [0.15, 0.2) is 54.9 Å². The molecule has 0 saturated carbocycles. The SMILES string of the molecule is O=[N+]([O-])c1ccc(CN2CC=C(c3ccnc4[nH]ccc34)CC2)cc1. The fourth-order valence-electron chi connectivity index (χ4n) is 3.32. The quantitative estimate of drug-likeness (QED) is 0.582. The Morgan fingerprint density at radius 3 is 2.76 bits per heavy atom. The highest BCUT2D eigenvalue weighted by Crippen LogP contribution is 2.28. The van der Waals surface area contributed by atoms with Crippen LogP contribution in [-0.4, -0.2) is 32.9 Å². The van der Waals surface area contributed by atoms with E-state index in [-0.39, 0.29) is 10.6 Å². The molecule has 0 atom stereocenters. The van der Waals surface area contributed by atoms with Crippen molar-refractivity contribution in [1.29, 1.82) is 0 Å². The van der Waals surface area contributed by atoms with Crippen LogP contribution >= 0.6 is 0 Å². The normalized spacial score (nSPS) is 15.3. The Hall–Kier alpha value is -2.99. The van der Waals surface area contributed by atoms with Crippen LogP contribution in [-0.2, 0) is 6.54 Å². The third-order valence-electron chi connectivity index (χ3n) is 4.65. The monoisotopic (exact) mass is 334 g/mol. The van der Waals surface area contributed by atoms with Crippen molar-refractivity contribution in [3.63, 3.8) is 0 Å². The third kappa shape index (κ3) is 3.16. The molecule has 6 nitrogen and oxygen atoms in total. The minimum atomic E-state index is -0.365. The number of benzene rings is 1. The lowest BCUT2D eigenvalue weighted by Gasteiger charge is -2.26. The van der Waals surface area contributed by atoms with Gasteiger partial charge in [0.1, 0.15) is 5.65 Å². The summed E-state index contributed by atoms with van der Waals surface area (Å²) >= 11 is 0. The molecule has 0 fully saturated rings. The maximum atomic E-state index is 10.7. The molecule has 3 heterocycles. The van der Waals surface area contributed by atoms with Gasteiger partial charge in [0, 0.05) is 49.5 Å². The number of rotatable bonds is 4. The second kappa shape index (κ2) is 6.49. The van der Waals surface area contributed by atoms with Gasteiger partial charge < -0.3 is 4.98 Å². The van der Waals surface area contributed by atoms with Gasteiger partial charge in [-0.15, -0.1) is 0 Å². The number of aromatic amines is 1. The van der Waals surface area contributed by atoms with Crippen molar-refractivity contribution in [2.24, 2.45) is 0 Å². The molecule has 1 aromatic carbocycles. The molecule has 0 amide bonds. The Morgan fingerprint density at radius 2 is 2.04 bits per heavy atom. The summed E-state index contributed by atoms with van der Waals surface area (Å²) in [6, 6.07) is 11.0. The van der Waals surface area contributed by atoms with E-state index >= 15 is 0 Å². The van der Waals surface area contributed by atoms with Crippen LogP contribution in [0.1, 0.15) is 17.5 Å². The van der Waals surface area contributed by atoms with Crippen molar-refractivity contribution in [3.05, 3.63) is 76.1 Å². The number of pyridine rings is 1. The Bertz CT molecular complexity index is 943. The standard InChI is InChI=1S/C19H18N4O2/c24-23(25)16-3-1-14(2-4-16)13-22-11-7-15(8-12-22)17-5-9-20-19-18(17)6-10-21-19/h1-7,9-10H,8,11-13H2,(H,20,21). The Labute approximate surface area is 145 Å². The molecule has 1 aliphatic heterocycles. The van der Waals surface area contributed by atoms with E-state index in [1.165, 1.54) is 11.1 Å². The highest BCUT2D eigenvalue weighted by molar-refractivity contribution is 5.90. The number of nitro benzene ring substituents is 1. The molecule has 25 heavy (non-hydrogen) atoms. The van der Waals surface area contributed by atoms with Crippen LogP contribution in [0.3, 0.4) is 0 Å². The molecule has 2 aromatic heterocycles. The molecule has 0 aliphatic carbocycles. The minimum absolute atomic E-state index is 0.137. The van der Waals surface area contributed by atoms with E-state index in [0.717, 1.165) is 42.7 Å². The number of H-pyrrole nitrogens is 1. The average molecular weight is 334 g/mol. The average Bonchev–Trinajstić information content (AvgIpc) is 3.12. The Morgan fingerprint density at radius 1 is 1.20 bits per heavy atom. The molecule has 0 radical (unpaired) electrons. The van der Waals surface area contributed by atoms with E-state index in [1.807, 2.05) is 24.5 Å². The van der Waals surface area contributed by atoms with E-state index in [0.29, 0.717) is 0 Å². The molecular weight excluding hydrogens is 316 g/mol. The summed E-state index contributed by atoms with van der Waals surface area (Å²) in [5.74, 6) is 0. The fraction of sp³-hybridized carbons (Fsp3) is 0.211. The molecule has 0 saturated heterocycles. The number of hydrogen-bond donors (Lipinski definition) is 1. The third-order valence-corrected chi connectivity index (χ3v) is 4.65. The van der Waals surface area contributed by atoms with Gasteiger partial charge in [-0.3, -0.25) is 15.0 Å². The second-order valence-electron chi connectivity index (χ2n) is 6.24. The fourth-order valence-corrected chi connectivity index (χ4v) is 3.32. The lowest BCUT2D eigenvalue weighted by molar-refractivity contribution is -0.384. The predicted octanol–water partition coefficient (Wildman–Crippen LogP) is 3.76. The summed E-state index contributed by atoms with van der Waals surface area (Å²) in [6.07, 6.45) is 7.03. The van der Waals surface area contributed by atoms with Gasteiger partial charge in [0.05, 0.1) is 4.92 Å². The number of nitrogens with zero attached hydrogens (tertiary/aromatic N) is 3. The lowest BCUT2D eigenvalue weighted by atomic mass is 9.97. The van der Waals surface area contributed by atoms with Crippen molar-refractivity contribution in [3.8, 4) is 0 Å². The van der Waals surface area contributed by atoms with E-state index in [4.69, 9.17) is 0 Å². The number of nitro groups is 1. The van der Waals surface area contributed by atoms with Crippen molar-refractivity contribution in [1.82, 2.24) is 14.9 Å². The maximum Gasteiger partial charge on any atom is 0.269 e. The molecule has 1 aliphatic rings. The highest BCUT2D eigenvalue weighted by atomic mass is 16.6. The molecule has 0 bridgehead atoms. The summed E-state index contributed by atoms with van der Waals surface area (Å²) < 4.78 is 0. The largest absolute Gasteiger partial charge is 0.346 e. The zero-order valence-electron chi connectivity index (χ0n) is 13.7. The predicted molar refractivity (Wildman–Crippen MR) is 97.1 cm³/mol. The molecule has 1 N–H and O–H groups in total. The Balaban J connectivity index is 1.47. The summed E-state index contributed by atoms with van der Waals surface area (Å²) in [6.45, 7) is 2.65. The summed E-state index contributed by atoms with van der Waals surface area (Å²) in [5.41, 5.74) is 4.76. The first-order chi connectivity index (χ1) is 12.2. The van der Waals surface area contributed by atoms with Crippen molar-refractivity contribution < 1.29 is 4.92 Å². The summed E-state index contributed by atoms with van der Waals surface area (Å²) in [7, 11) is 0. The van der Waals surface area contributed by atoms with Gasteiger partial charge in [-0.2, -0.15) is 0 Å². The zero-order valence-corrected chi connectivity index (χ0v) is 13.7. The van der Waals surface area contributed by atoms with Crippen molar-refractivity contribution in [2.45, 2.75) is 13.0 Å². The first kappa shape index (κ1) is 15.5. The van der Waals surface area contributed by atoms with E-state index in [1.54, 1.807) is 12.1 Å². The maximum absolute atomic E-state index is 10.7. The minimum Gasteiger partial charge on any atom is -0.346 e. The van der Waals surface area contributed by atoms with E-state index < -0.39 is 0 Å². The van der Waals surface area contributed by atoms with Gasteiger partial charge in [0.25, 0.3) is 5.69 Å². The summed E-state index contributed by atoms with van der Waals surface area (Å²) in [5, 5.41) is 11.9. The van der Waals surface area contributed by atoms with E-state index in [2.05, 4.69) is 33.1 Å². The number of aromatic nitrogens is 2. The van der Waals surface area contributed by atoms with Crippen LogP contribution in [0, 0.1) is 10.1 Å². The number of fused-ring (bicyclic) bond motifs is 1. The van der Waals surface area contributed by atoms with Gasteiger partial charge in [0.2, 0.25) is 0 Å². The van der Waals surface area contributed by atoms with Crippen LogP contribution in [0.25, 0.3) is 16.6 Å². The molecule has 0 unspecified atom stereocenters. The van der Waals surface area contributed by atoms with Gasteiger partial charge in [0.15, 0.2) is 0 Å². The number of non-ortho nitro benzene ring substituents is 1. The van der Waals surface area contributed by atoms with Crippen LogP contribution in [0.4, 0.5) is 5.69 Å². The van der Waals surface area contributed by atoms with Crippen LogP contribution in [0.2, 0.25) is 0 Å². The molecule has 3 aromatic rings. The van der Waals surface area contributed by atoms with E-state index in [9.17, 15) is 10.1 Å². The van der Waals surface area contributed by atoms with Gasteiger partial charge >= 0.3 is 0 Å². The van der Waals surface area contributed by atoms with Gasteiger partial charge in [-0.1, -0.05) is 18.2 Å². The van der Waals surface area contributed by atoms with Crippen LogP contribution in [0.5, 0.6) is 0 Å². The Kier molecular flexibility index (Phi) is 4.03. The molecule has 0 spiro atoms. The van der Waals surface area contributed by atoms with Crippen LogP contribution < -0.4 is 0 Å². The molecule has 6 heteroatoms. The molecular formula is C19H18N4O2. The number of hydrogen-bond acceptors (Lipinski definition) is 4. The van der Waals surface area contributed by atoms with Gasteiger partial charge in [-0.25, -0.2) is 4.98 Å². The molecule has 4 rings (SSSR count). The van der Waals surface area contributed by atoms with Crippen molar-refractivity contribution >= 4 is 22.3 Å². The summed E-state index contributed by atoms with van der Waals surface area (Å²) in [4.78, 5) is 20.2. The zero-order chi connectivity index (χ0) is 17.2. The highest BCUT2D eigenvalue weighted by Gasteiger charge is 2.16. The smallest absolute Gasteiger partial charge is 0.269 e.